The standard InChI is InChI=1S/C13H21N3S/c1-5-11(8(2)3)16-12-7-10(13(14)17)6-9(4)15-12/h6-8,11H,5H2,1-4H3,(H2,14,17)(H,15,16). The largest absolute Gasteiger partial charge is 0.389 e. The van der Waals surface area contributed by atoms with Crippen molar-refractivity contribution in [2.24, 2.45) is 11.7 Å². The lowest BCUT2D eigenvalue weighted by Crippen LogP contribution is -2.25. The first-order valence-corrected chi connectivity index (χ1v) is 6.40. The molecule has 0 fully saturated rings. The molecule has 1 aromatic heterocycles. The summed E-state index contributed by atoms with van der Waals surface area (Å²) in [7, 11) is 0. The minimum absolute atomic E-state index is 0.413. The van der Waals surface area contributed by atoms with Gasteiger partial charge < -0.3 is 11.1 Å². The summed E-state index contributed by atoms with van der Waals surface area (Å²) in [5, 5.41) is 3.44. The summed E-state index contributed by atoms with van der Waals surface area (Å²) in [6.45, 7) is 8.52. The molecule has 1 aromatic rings. The van der Waals surface area contributed by atoms with Gasteiger partial charge in [-0.2, -0.15) is 0 Å². The SMILES string of the molecule is CCC(Nc1cc(C(N)=S)cc(C)n1)C(C)C. The average Bonchev–Trinajstić information content (AvgIpc) is 2.24. The highest BCUT2D eigenvalue weighted by Crippen LogP contribution is 2.15. The predicted molar refractivity (Wildman–Crippen MR) is 77.4 cm³/mol. The van der Waals surface area contributed by atoms with Crippen LogP contribution in [-0.2, 0) is 0 Å². The fraction of sp³-hybridized carbons (Fsp3) is 0.538. The molecule has 0 saturated heterocycles. The van der Waals surface area contributed by atoms with Gasteiger partial charge in [0.25, 0.3) is 0 Å². The normalized spacial score (nSPS) is 12.5. The van der Waals surface area contributed by atoms with Crippen LogP contribution in [0.15, 0.2) is 12.1 Å². The van der Waals surface area contributed by atoms with Gasteiger partial charge >= 0.3 is 0 Å². The average molecular weight is 251 g/mol. The van der Waals surface area contributed by atoms with Crippen LogP contribution in [0.4, 0.5) is 5.82 Å². The molecule has 0 bridgehead atoms. The maximum atomic E-state index is 5.65. The molecule has 0 radical (unpaired) electrons. The zero-order valence-corrected chi connectivity index (χ0v) is 11.8. The van der Waals surface area contributed by atoms with Gasteiger partial charge in [-0.25, -0.2) is 4.98 Å². The molecule has 0 spiro atoms. The molecule has 17 heavy (non-hydrogen) atoms. The quantitative estimate of drug-likeness (QED) is 0.790. The molecule has 1 heterocycles. The summed E-state index contributed by atoms with van der Waals surface area (Å²) in [5.74, 6) is 1.42. The molecule has 1 rings (SSSR count). The van der Waals surface area contributed by atoms with Crippen LogP contribution < -0.4 is 11.1 Å². The Kier molecular flexibility index (Phi) is 4.87. The molecule has 4 heteroatoms. The number of nitrogens with zero attached hydrogens (tertiary/aromatic N) is 1. The minimum Gasteiger partial charge on any atom is -0.389 e. The predicted octanol–water partition coefficient (Wildman–Crippen LogP) is 2.87. The van der Waals surface area contributed by atoms with Crippen LogP contribution in [0.25, 0.3) is 0 Å². The number of rotatable bonds is 5. The lowest BCUT2D eigenvalue weighted by molar-refractivity contribution is 0.509. The summed E-state index contributed by atoms with van der Waals surface area (Å²) in [6, 6.07) is 4.24. The highest BCUT2D eigenvalue weighted by molar-refractivity contribution is 7.80. The molecule has 3 nitrogen and oxygen atoms in total. The number of anilines is 1. The Morgan fingerprint density at radius 3 is 2.59 bits per heavy atom. The number of aromatic nitrogens is 1. The Hall–Kier alpha value is -1.16. The van der Waals surface area contributed by atoms with Crippen molar-refractivity contribution in [3.05, 3.63) is 23.4 Å². The molecule has 1 atom stereocenters. The van der Waals surface area contributed by atoms with E-state index in [1.165, 1.54) is 0 Å². The van der Waals surface area contributed by atoms with E-state index in [1.54, 1.807) is 0 Å². The van der Waals surface area contributed by atoms with Crippen LogP contribution in [-0.4, -0.2) is 16.0 Å². The second kappa shape index (κ2) is 5.96. The monoisotopic (exact) mass is 251 g/mol. The highest BCUT2D eigenvalue weighted by Gasteiger charge is 2.12. The van der Waals surface area contributed by atoms with Crippen molar-refractivity contribution >= 4 is 23.0 Å². The van der Waals surface area contributed by atoms with Crippen LogP contribution >= 0.6 is 12.2 Å². The molecule has 0 aliphatic rings. The van der Waals surface area contributed by atoms with E-state index in [9.17, 15) is 0 Å². The molecular formula is C13H21N3S. The van der Waals surface area contributed by atoms with Crippen molar-refractivity contribution < 1.29 is 0 Å². The van der Waals surface area contributed by atoms with Crippen molar-refractivity contribution in [1.82, 2.24) is 4.98 Å². The fourth-order valence-corrected chi connectivity index (χ4v) is 1.93. The lowest BCUT2D eigenvalue weighted by atomic mass is 10.0. The molecule has 0 saturated carbocycles. The van der Waals surface area contributed by atoms with Gasteiger partial charge in [-0.1, -0.05) is 33.0 Å². The third-order valence-corrected chi connectivity index (χ3v) is 3.05. The van der Waals surface area contributed by atoms with E-state index in [1.807, 2.05) is 19.1 Å². The van der Waals surface area contributed by atoms with Gasteiger partial charge in [-0.3, -0.25) is 0 Å². The van der Waals surface area contributed by atoms with Crippen molar-refractivity contribution in [3.8, 4) is 0 Å². The Balaban J connectivity index is 2.94. The van der Waals surface area contributed by atoms with E-state index in [-0.39, 0.29) is 0 Å². The second-order valence-electron chi connectivity index (χ2n) is 4.65. The molecule has 0 aliphatic carbocycles. The van der Waals surface area contributed by atoms with Gasteiger partial charge in [0, 0.05) is 17.3 Å². The van der Waals surface area contributed by atoms with E-state index in [4.69, 9.17) is 18.0 Å². The maximum absolute atomic E-state index is 5.65. The minimum atomic E-state index is 0.413. The van der Waals surface area contributed by atoms with Crippen LogP contribution in [0.2, 0.25) is 0 Å². The van der Waals surface area contributed by atoms with Crippen molar-refractivity contribution in [1.29, 1.82) is 0 Å². The van der Waals surface area contributed by atoms with Gasteiger partial charge in [-0.15, -0.1) is 0 Å². The molecule has 1 unspecified atom stereocenters. The third kappa shape index (κ3) is 3.97. The fourth-order valence-electron chi connectivity index (χ4n) is 1.81. The van der Waals surface area contributed by atoms with Crippen LogP contribution in [0.5, 0.6) is 0 Å². The van der Waals surface area contributed by atoms with E-state index in [0.29, 0.717) is 16.9 Å². The Labute approximate surface area is 109 Å². The zero-order chi connectivity index (χ0) is 13.0. The summed E-state index contributed by atoms with van der Waals surface area (Å²) in [5.41, 5.74) is 7.45. The number of thiocarbonyl (C=S) groups is 1. The molecular weight excluding hydrogens is 230 g/mol. The van der Waals surface area contributed by atoms with E-state index < -0.39 is 0 Å². The Bertz CT molecular complexity index is 402. The first-order chi connectivity index (χ1) is 7.93. The molecule has 0 aliphatic heterocycles. The molecule has 94 valence electrons. The summed E-state index contributed by atoms with van der Waals surface area (Å²) in [6.07, 6.45) is 1.07. The van der Waals surface area contributed by atoms with Gasteiger partial charge in [0.05, 0.1) is 0 Å². The number of hydrogen-bond acceptors (Lipinski definition) is 3. The van der Waals surface area contributed by atoms with Gasteiger partial charge in [0.2, 0.25) is 0 Å². The van der Waals surface area contributed by atoms with Gasteiger partial charge in [-0.05, 0) is 31.4 Å². The van der Waals surface area contributed by atoms with Crippen LogP contribution in [0, 0.1) is 12.8 Å². The van der Waals surface area contributed by atoms with Crippen LogP contribution in [0.3, 0.4) is 0 Å². The van der Waals surface area contributed by atoms with Crippen molar-refractivity contribution in [2.45, 2.75) is 40.2 Å². The summed E-state index contributed by atoms with van der Waals surface area (Å²) >= 11 is 5.00. The summed E-state index contributed by atoms with van der Waals surface area (Å²) < 4.78 is 0. The summed E-state index contributed by atoms with van der Waals surface area (Å²) in [4.78, 5) is 4.87. The van der Waals surface area contributed by atoms with Gasteiger partial charge in [0.1, 0.15) is 10.8 Å². The van der Waals surface area contributed by atoms with E-state index in [0.717, 1.165) is 23.5 Å². The maximum Gasteiger partial charge on any atom is 0.127 e. The first kappa shape index (κ1) is 13.9. The lowest BCUT2D eigenvalue weighted by Gasteiger charge is -2.21. The number of aryl methyl sites for hydroxylation is 1. The van der Waals surface area contributed by atoms with Crippen molar-refractivity contribution in [2.75, 3.05) is 5.32 Å². The van der Waals surface area contributed by atoms with Crippen LogP contribution in [0.1, 0.15) is 38.4 Å². The van der Waals surface area contributed by atoms with E-state index in [2.05, 4.69) is 31.1 Å². The third-order valence-electron chi connectivity index (χ3n) is 2.82. The van der Waals surface area contributed by atoms with Gasteiger partial charge in [0.15, 0.2) is 0 Å². The number of nitrogens with two attached hydrogens (primary N) is 1. The second-order valence-corrected chi connectivity index (χ2v) is 5.09. The number of pyridine rings is 1. The first-order valence-electron chi connectivity index (χ1n) is 5.99. The van der Waals surface area contributed by atoms with Crippen molar-refractivity contribution in [3.63, 3.8) is 0 Å². The molecule has 3 N–H and O–H groups in total. The Morgan fingerprint density at radius 2 is 2.12 bits per heavy atom. The number of hydrogen-bond donors (Lipinski definition) is 2. The topological polar surface area (TPSA) is 50.9 Å². The molecule has 0 aromatic carbocycles. The highest BCUT2D eigenvalue weighted by atomic mass is 32.1. The Morgan fingerprint density at radius 1 is 1.47 bits per heavy atom. The molecule has 0 amide bonds. The van der Waals surface area contributed by atoms with E-state index >= 15 is 0 Å². The smallest absolute Gasteiger partial charge is 0.127 e. The number of nitrogens with one attached hydrogen (secondary N) is 1. The zero-order valence-electron chi connectivity index (χ0n) is 10.9.